The van der Waals surface area contributed by atoms with E-state index in [4.69, 9.17) is 32.7 Å². The quantitative estimate of drug-likeness (QED) is 0.108. The molecule has 0 aliphatic carbocycles. The highest BCUT2D eigenvalue weighted by atomic mass is 127. The molecule has 0 heterocycles. The fourth-order valence-corrected chi connectivity index (χ4v) is 4.99. The standard InChI is InChI=1S/C30H25Cl2IN2O4/c1-2-38-27-17-21(16-26(33)28(27)39-19-20-13-14-24(31)25(32)15-20)18-34-35-29(36)30(37,22-9-5-3-6-10-22)23-11-7-4-8-12-23/h3-18,37H,2,19H2,1H3,(H,35,36)/b34-18-. The second-order valence-corrected chi connectivity index (χ2v) is 10.4. The lowest BCUT2D eigenvalue weighted by atomic mass is 9.85. The van der Waals surface area contributed by atoms with Crippen LogP contribution in [-0.2, 0) is 17.0 Å². The number of nitrogens with zero attached hydrogens (tertiary/aromatic N) is 1. The minimum Gasteiger partial charge on any atom is -0.490 e. The van der Waals surface area contributed by atoms with E-state index in [1.807, 2.05) is 31.2 Å². The van der Waals surface area contributed by atoms with E-state index in [0.717, 1.165) is 9.13 Å². The topological polar surface area (TPSA) is 80.2 Å². The van der Waals surface area contributed by atoms with E-state index in [0.29, 0.717) is 44.8 Å². The number of hydrogen-bond donors (Lipinski definition) is 2. The molecule has 200 valence electrons. The first-order valence-electron chi connectivity index (χ1n) is 12.0. The summed E-state index contributed by atoms with van der Waals surface area (Å²) >= 11 is 14.3. The summed E-state index contributed by atoms with van der Waals surface area (Å²) in [6.45, 7) is 2.58. The molecule has 4 aromatic rings. The van der Waals surface area contributed by atoms with E-state index < -0.39 is 11.5 Å². The van der Waals surface area contributed by atoms with E-state index in [-0.39, 0.29) is 6.61 Å². The third-order valence-corrected chi connectivity index (χ3v) is 7.33. The molecule has 0 saturated heterocycles. The molecule has 0 unspecified atom stereocenters. The number of hydrazone groups is 1. The van der Waals surface area contributed by atoms with Crippen LogP contribution in [0.25, 0.3) is 0 Å². The summed E-state index contributed by atoms with van der Waals surface area (Å²) in [6.07, 6.45) is 1.49. The van der Waals surface area contributed by atoms with Gasteiger partial charge in [-0.2, -0.15) is 5.10 Å². The van der Waals surface area contributed by atoms with Crippen LogP contribution in [0.2, 0.25) is 10.0 Å². The van der Waals surface area contributed by atoms with Crippen molar-refractivity contribution in [3.8, 4) is 11.5 Å². The van der Waals surface area contributed by atoms with Gasteiger partial charge in [-0.05, 0) is 76.0 Å². The summed E-state index contributed by atoms with van der Waals surface area (Å²) in [5, 5.41) is 16.6. The van der Waals surface area contributed by atoms with Crippen LogP contribution in [0.3, 0.4) is 0 Å². The minimum atomic E-state index is -1.92. The van der Waals surface area contributed by atoms with Gasteiger partial charge in [-0.15, -0.1) is 0 Å². The Morgan fingerprint density at radius 3 is 2.18 bits per heavy atom. The maximum Gasteiger partial charge on any atom is 0.281 e. The number of aliphatic hydroxyl groups is 1. The van der Waals surface area contributed by atoms with Crippen molar-refractivity contribution < 1.29 is 19.4 Å². The lowest BCUT2D eigenvalue weighted by Crippen LogP contribution is -2.43. The number of halogens is 3. The zero-order valence-electron chi connectivity index (χ0n) is 20.9. The molecule has 1 amide bonds. The zero-order valence-corrected chi connectivity index (χ0v) is 24.6. The van der Waals surface area contributed by atoms with Crippen LogP contribution in [0, 0.1) is 3.57 Å². The average molecular weight is 675 g/mol. The molecule has 0 radical (unpaired) electrons. The van der Waals surface area contributed by atoms with Crippen molar-refractivity contribution in [3.05, 3.63) is 127 Å². The summed E-state index contributed by atoms with van der Waals surface area (Å²) in [5.41, 5.74) is 2.97. The summed E-state index contributed by atoms with van der Waals surface area (Å²) in [4.78, 5) is 13.3. The number of nitrogens with one attached hydrogen (secondary N) is 1. The Morgan fingerprint density at radius 1 is 0.949 bits per heavy atom. The van der Waals surface area contributed by atoms with E-state index in [2.05, 4.69) is 33.1 Å². The van der Waals surface area contributed by atoms with Crippen LogP contribution in [-0.4, -0.2) is 23.8 Å². The Balaban J connectivity index is 1.54. The molecule has 0 aliphatic rings. The molecule has 0 bridgehead atoms. The van der Waals surface area contributed by atoms with Gasteiger partial charge in [0.05, 0.1) is 26.4 Å². The van der Waals surface area contributed by atoms with Crippen LogP contribution in [0.4, 0.5) is 0 Å². The predicted octanol–water partition coefficient (Wildman–Crippen LogP) is 6.96. The van der Waals surface area contributed by atoms with E-state index in [1.54, 1.807) is 66.7 Å². The highest BCUT2D eigenvalue weighted by molar-refractivity contribution is 14.1. The van der Waals surface area contributed by atoms with Crippen LogP contribution >= 0.6 is 45.8 Å². The first kappa shape index (κ1) is 28.9. The number of benzene rings is 4. The van der Waals surface area contributed by atoms with Gasteiger partial charge in [0.25, 0.3) is 5.91 Å². The van der Waals surface area contributed by atoms with Crippen molar-refractivity contribution in [3.63, 3.8) is 0 Å². The molecule has 0 saturated carbocycles. The van der Waals surface area contributed by atoms with Gasteiger partial charge in [-0.1, -0.05) is 89.9 Å². The molecule has 0 spiro atoms. The summed E-state index contributed by atoms with van der Waals surface area (Å²) in [6, 6.07) is 26.4. The molecular formula is C30H25Cl2IN2O4. The minimum absolute atomic E-state index is 0.272. The van der Waals surface area contributed by atoms with Crippen LogP contribution in [0.15, 0.2) is 96.1 Å². The molecular weight excluding hydrogens is 650 g/mol. The Hall–Kier alpha value is -3.11. The van der Waals surface area contributed by atoms with Gasteiger partial charge in [-0.25, -0.2) is 5.43 Å². The van der Waals surface area contributed by atoms with Crippen LogP contribution in [0.1, 0.15) is 29.2 Å². The second-order valence-electron chi connectivity index (χ2n) is 8.44. The van der Waals surface area contributed by atoms with E-state index >= 15 is 0 Å². The van der Waals surface area contributed by atoms with Crippen molar-refractivity contribution in [1.29, 1.82) is 0 Å². The van der Waals surface area contributed by atoms with Gasteiger partial charge < -0.3 is 14.6 Å². The molecule has 39 heavy (non-hydrogen) atoms. The largest absolute Gasteiger partial charge is 0.490 e. The smallest absolute Gasteiger partial charge is 0.281 e. The van der Waals surface area contributed by atoms with Crippen LogP contribution < -0.4 is 14.9 Å². The first-order chi connectivity index (χ1) is 18.8. The lowest BCUT2D eigenvalue weighted by molar-refractivity contribution is -0.136. The molecule has 6 nitrogen and oxygen atoms in total. The van der Waals surface area contributed by atoms with Gasteiger partial charge in [0.15, 0.2) is 17.1 Å². The first-order valence-corrected chi connectivity index (χ1v) is 13.9. The van der Waals surface area contributed by atoms with E-state index in [9.17, 15) is 9.90 Å². The molecule has 4 aromatic carbocycles. The van der Waals surface area contributed by atoms with Gasteiger partial charge in [-0.3, -0.25) is 4.79 Å². The van der Waals surface area contributed by atoms with Gasteiger partial charge in [0, 0.05) is 0 Å². The predicted molar refractivity (Wildman–Crippen MR) is 163 cm³/mol. The molecule has 4 rings (SSSR count). The third-order valence-electron chi connectivity index (χ3n) is 5.79. The Morgan fingerprint density at radius 2 is 1.59 bits per heavy atom. The fourth-order valence-electron chi connectivity index (χ4n) is 3.88. The maximum atomic E-state index is 13.3. The van der Waals surface area contributed by atoms with Crippen molar-refractivity contribution >= 4 is 57.9 Å². The van der Waals surface area contributed by atoms with Crippen molar-refractivity contribution in [1.82, 2.24) is 5.43 Å². The SMILES string of the molecule is CCOc1cc(/C=N\NC(=O)C(O)(c2ccccc2)c2ccccc2)cc(I)c1OCc1ccc(Cl)c(Cl)c1. The Labute approximate surface area is 250 Å². The second kappa shape index (κ2) is 13.3. The Kier molecular flexibility index (Phi) is 9.85. The zero-order chi connectivity index (χ0) is 27.8. The molecule has 0 aliphatic heterocycles. The maximum absolute atomic E-state index is 13.3. The summed E-state index contributed by atoms with van der Waals surface area (Å²) in [7, 11) is 0. The van der Waals surface area contributed by atoms with Crippen molar-refractivity contribution in [2.75, 3.05) is 6.61 Å². The number of amides is 1. The lowest BCUT2D eigenvalue weighted by Gasteiger charge is -2.27. The monoisotopic (exact) mass is 674 g/mol. The Bertz CT molecular complexity index is 1430. The number of ether oxygens (including phenoxy) is 2. The molecule has 0 fully saturated rings. The van der Waals surface area contributed by atoms with Gasteiger partial charge >= 0.3 is 0 Å². The summed E-state index contributed by atoms with van der Waals surface area (Å²) in [5.74, 6) is 0.423. The molecule has 0 atom stereocenters. The number of carbonyl (C=O) groups excluding carboxylic acids is 1. The van der Waals surface area contributed by atoms with Crippen molar-refractivity contribution in [2.45, 2.75) is 19.1 Å². The third kappa shape index (κ3) is 6.91. The number of hydrogen-bond acceptors (Lipinski definition) is 5. The van der Waals surface area contributed by atoms with Gasteiger partial charge in [0.1, 0.15) is 6.61 Å². The fraction of sp³-hybridized carbons (Fsp3) is 0.133. The molecule has 2 N–H and O–H groups in total. The highest BCUT2D eigenvalue weighted by Crippen LogP contribution is 2.35. The van der Waals surface area contributed by atoms with Gasteiger partial charge in [0.2, 0.25) is 0 Å². The normalized spacial score (nSPS) is 11.4. The highest BCUT2D eigenvalue weighted by Gasteiger charge is 2.39. The molecule has 0 aromatic heterocycles. The number of rotatable bonds is 10. The summed E-state index contributed by atoms with van der Waals surface area (Å²) < 4.78 is 12.7. The van der Waals surface area contributed by atoms with Crippen molar-refractivity contribution in [2.24, 2.45) is 5.10 Å². The van der Waals surface area contributed by atoms with E-state index in [1.165, 1.54) is 6.21 Å². The average Bonchev–Trinajstić information content (AvgIpc) is 2.95. The number of carbonyl (C=O) groups is 1. The molecule has 9 heteroatoms. The van der Waals surface area contributed by atoms with Crippen LogP contribution in [0.5, 0.6) is 11.5 Å².